The van der Waals surface area contributed by atoms with Gasteiger partial charge < -0.3 is 0 Å². The lowest BCUT2D eigenvalue weighted by atomic mass is 10.00. The number of aromatic nitrogens is 2. The Morgan fingerprint density at radius 2 is 1.84 bits per heavy atom. The third kappa shape index (κ3) is 2.76. The zero-order chi connectivity index (χ0) is 13.2. The second-order valence-electron chi connectivity index (χ2n) is 5.30. The van der Waals surface area contributed by atoms with Crippen LogP contribution in [0.3, 0.4) is 0 Å². The molecule has 0 N–H and O–H groups in total. The van der Waals surface area contributed by atoms with E-state index in [1.807, 2.05) is 6.20 Å². The van der Waals surface area contributed by atoms with Gasteiger partial charge in [-0.05, 0) is 61.9 Å². The summed E-state index contributed by atoms with van der Waals surface area (Å²) in [7, 11) is 0. The Labute approximate surface area is 123 Å². The first kappa shape index (κ1) is 12.9. The highest BCUT2D eigenvalue weighted by Crippen LogP contribution is 2.31. The van der Waals surface area contributed by atoms with Crippen LogP contribution in [0.5, 0.6) is 0 Å². The lowest BCUT2D eigenvalue weighted by Crippen LogP contribution is -2.07. The van der Waals surface area contributed by atoms with Crippen molar-refractivity contribution in [3.05, 3.63) is 52.1 Å². The van der Waals surface area contributed by atoms with E-state index in [1.165, 1.54) is 36.9 Å². The van der Waals surface area contributed by atoms with Crippen molar-refractivity contribution in [3.63, 3.8) is 0 Å². The molecule has 1 aliphatic rings. The Morgan fingerprint density at radius 3 is 2.53 bits per heavy atom. The summed E-state index contributed by atoms with van der Waals surface area (Å²) in [6.45, 7) is 2.16. The maximum absolute atomic E-state index is 4.55. The average molecular weight is 318 g/mol. The van der Waals surface area contributed by atoms with Crippen LogP contribution in [0, 0.1) is 12.8 Å². The molecule has 19 heavy (non-hydrogen) atoms. The number of benzene rings is 1. The summed E-state index contributed by atoms with van der Waals surface area (Å²) in [4.78, 5) is 0. The van der Waals surface area contributed by atoms with Crippen molar-refractivity contribution in [2.75, 3.05) is 0 Å². The maximum Gasteiger partial charge on any atom is 0.0649 e. The van der Waals surface area contributed by atoms with Crippen LogP contribution in [0.15, 0.2) is 34.9 Å². The first-order valence-electron chi connectivity index (χ1n) is 6.87. The van der Waals surface area contributed by atoms with Crippen molar-refractivity contribution in [1.29, 1.82) is 0 Å². The zero-order valence-electron chi connectivity index (χ0n) is 11.2. The van der Waals surface area contributed by atoms with Gasteiger partial charge in [0.1, 0.15) is 0 Å². The fraction of sp³-hybridized carbons (Fsp3) is 0.375. The second kappa shape index (κ2) is 5.49. The van der Waals surface area contributed by atoms with Crippen LogP contribution in [-0.4, -0.2) is 9.78 Å². The molecular formula is C16H18BrN2. The van der Waals surface area contributed by atoms with E-state index in [9.17, 15) is 0 Å². The highest BCUT2D eigenvalue weighted by atomic mass is 79.9. The molecule has 1 saturated carbocycles. The molecule has 1 radical (unpaired) electrons. The van der Waals surface area contributed by atoms with Gasteiger partial charge in [0.15, 0.2) is 0 Å². The average Bonchev–Trinajstić information content (AvgIpc) is 3.03. The summed E-state index contributed by atoms with van der Waals surface area (Å²) in [6, 6.07) is 8.36. The van der Waals surface area contributed by atoms with Gasteiger partial charge >= 0.3 is 0 Å². The second-order valence-corrected chi connectivity index (χ2v) is 6.21. The monoisotopic (exact) mass is 317 g/mol. The predicted octanol–water partition coefficient (Wildman–Crippen LogP) is 4.63. The molecule has 0 bridgehead atoms. The molecule has 1 aromatic carbocycles. The minimum Gasteiger partial charge on any atom is -0.238 e. The van der Waals surface area contributed by atoms with E-state index in [2.05, 4.69) is 56.9 Å². The van der Waals surface area contributed by atoms with Crippen LogP contribution < -0.4 is 0 Å². The van der Waals surface area contributed by atoms with Crippen molar-refractivity contribution < 1.29 is 0 Å². The van der Waals surface area contributed by atoms with Crippen LogP contribution in [0.2, 0.25) is 0 Å². The van der Waals surface area contributed by atoms with E-state index in [4.69, 9.17) is 0 Å². The van der Waals surface area contributed by atoms with Crippen molar-refractivity contribution in [2.24, 2.45) is 0 Å². The van der Waals surface area contributed by atoms with Gasteiger partial charge in [0.2, 0.25) is 0 Å². The van der Waals surface area contributed by atoms with Crippen LogP contribution in [0.1, 0.15) is 36.9 Å². The van der Waals surface area contributed by atoms with Crippen LogP contribution in [-0.2, 0) is 6.42 Å². The maximum atomic E-state index is 4.55. The molecule has 0 atom stereocenters. The van der Waals surface area contributed by atoms with E-state index in [0.717, 1.165) is 16.6 Å². The van der Waals surface area contributed by atoms with Crippen molar-refractivity contribution in [2.45, 2.75) is 39.0 Å². The molecule has 2 aromatic rings. The highest BCUT2D eigenvalue weighted by molar-refractivity contribution is 9.10. The first-order chi connectivity index (χ1) is 9.24. The van der Waals surface area contributed by atoms with Gasteiger partial charge in [0.25, 0.3) is 0 Å². The molecule has 1 aliphatic carbocycles. The Balaban J connectivity index is 1.91. The molecule has 0 amide bonds. The predicted molar refractivity (Wildman–Crippen MR) is 81.4 cm³/mol. The molecule has 0 saturated heterocycles. The van der Waals surface area contributed by atoms with Gasteiger partial charge in [0, 0.05) is 10.2 Å². The van der Waals surface area contributed by atoms with Gasteiger partial charge in [-0.3, -0.25) is 0 Å². The molecule has 1 heterocycles. The fourth-order valence-corrected chi connectivity index (χ4v) is 3.03. The molecule has 3 heteroatoms. The molecule has 0 spiro atoms. The lowest BCUT2D eigenvalue weighted by molar-refractivity contribution is 0.753. The molecule has 2 nitrogen and oxygen atoms in total. The summed E-state index contributed by atoms with van der Waals surface area (Å²) in [6.07, 6.45) is 8.38. The summed E-state index contributed by atoms with van der Waals surface area (Å²) in [5.41, 5.74) is 3.78. The number of rotatable bonds is 3. The topological polar surface area (TPSA) is 17.8 Å². The van der Waals surface area contributed by atoms with Gasteiger partial charge in [-0.25, -0.2) is 4.68 Å². The first-order valence-corrected chi connectivity index (χ1v) is 7.66. The van der Waals surface area contributed by atoms with Crippen LogP contribution in [0.25, 0.3) is 5.69 Å². The highest BCUT2D eigenvalue weighted by Gasteiger charge is 2.19. The summed E-state index contributed by atoms with van der Waals surface area (Å²) in [5.74, 6) is 1.68. The van der Waals surface area contributed by atoms with E-state index in [0.29, 0.717) is 0 Å². The summed E-state index contributed by atoms with van der Waals surface area (Å²) >= 11 is 3.48. The zero-order valence-corrected chi connectivity index (χ0v) is 12.8. The Bertz CT molecular complexity index is 551. The van der Waals surface area contributed by atoms with Gasteiger partial charge in [-0.15, -0.1) is 0 Å². The third-order valence-electron chi connectivity index (χ3n) is 3.88. The van der Waals surface area contributed by atoms with E-state index < -0.39 is 0 Å². The smallest absolute Gasteiger partial charge is 0.0649 e. The van der Waals surface area contributed by atoms with E-state index in [-0.39, 0.29) is 0 Å². The van der Waals surface area contributed by atoms with E-state index in [1.54, 1.807) is 5.92 Å². The van der Waals surface area contributed by atoms with Crippen molar-refractivity contribution in [1.82, 2.24) is 9.78 Å². The number of halogens is 1. The molecule has 0 unspecified atom stereocenters. The molecule has 99 valence electrons. The number of aryl methyl sites for hydroxylation is 1. The van der Waals surface area contributed by atoms with Crippen molar-refractivity contribution >= 4 is 15.9 Å². The Hall–Kier alpha value is -1.09. The molecule has 1 fully saturated rings. The van der Waals surface area contributed by atoms with Crippen LogP contribution >= 0.6 is 15.9 Å². The van der Waals surface area contributed by atoms with E-state index >= 15 is 0 Å². The molecule has 1 aromatic heterocycles. The third-order valence-corrected chi connectivity index (χ3v) is 4.41. The minimum absolute atomic E-state index is 1.09. The quantitative estimate of drug-likeness (QED) is 0.806. The number of nitrogens with zero attached hydrogens (tertiary/aromatic N) is 2. The fourth-order valence-electron chi connectivity index (χ4n) is 2.76. The largest absolute Gasteiger partial charge is 0.238 e. The minimum atomic E-state index is 1.09. The SMILES string of the molecule is Cc1cnn(-c2ccc(Br)cc2)c1C[C]1CCCC1. The van der Waals surface area contributed by atoms with Crippen LogP contribution in [0.4, 0.5) is 0 Å². The lowest BCUT2D eigenvalue weighted by Gasteiger charge is -2.12. The van der Waals surface area contributed by atoms with Gasteiger partial charge in [-0.1, -0.05) is 28.8 Å². The number of hydrogen-bond acceptors (Lipinski definition) is 1. The normalized spacial score (nSPS) is 16.1. The number of hydrogen-bond donors (Lipinski definition) is 0. The summed E-state index contributed by atoms with van der Waals surface area (Å²) in [5, 5.41) is 4.55. The summed E-state index contributed by atoms with van der Waals surface area (Å²) < 4.78 is 3.19. The molecular weight excluding hydrogens is 300 g/mol. The standard InChI is InChI=1S/C16H18BrN2/c1-12-11-18-19(15-8-6-14(17)7-9-15)16(12)10-13-4-2-3-5-13/h6-9,11H,2-5,10H2,1H3. The van der Waals surface area contributed by atoms with Gasteiger partial charge in [-0.2, -0.15) is 5.10 Å². The Kier molecular flexibility index (Phi) is 3.74. The molecule has 0 aliphatic heterocycles. The van der Waals surface area contributed by atoms with Gasteiger partial charge in [0.05, 0.1) is 11.9 Å². The molecule has 3 rings (SSSR count). The Morgan fingerprint density at radius 1 is 1.16 bits per heavy atom. The van der Waals surface area contributed by atoms with Crippen molar-refractivity contribution in [3.8, 4) is 5.69 Å².